The van der Waals surface area contributed by atoms with Gasteiger partial charge in [-0.2, -0.15) is 0 Å². The number of hydrogen-bond donors (Lipinski definition) is 2. The van der Waals surface area contributed by atoms with Crippen molar-refractivity contribution in [1.29, 1.82) is 0 Å². The average molecular weight is 262 g/mol. The van der Waals surface area contributed by atoms with Crippen LogP contribution in [0.15, 0.2) is 24.5 Å². The van der Waals surface area contributed by atoms with Crippen molar-refractivity contribution in [3.05, 3.63) is 30.1 Å². The highest BCUT2D eigenvalue weighted by atomic mass is 16.3. The predicted octanol–water partition coefficient (Wildman–Crippen LogP) is 3.06. The fourth-order valence-electron chi connectivity index (χ4n) is 3.05. The minimum absolute atomic E-state index is 0.301. The van der Waals surface area contributed by atoms with E-state index in [0.29, 0.717) is 18.5 Å². The van der Waals surface area contributed by atoms with Gasteiger partial charge in [-0.05, 0) is 36.8 Å². The smallest absolute Gasteiger partial charge is 0.0797 e. The summed E-state index contributed by atoms with van der Waals surface area (Å²) in [4.78, 5) is 4.20. The molecule has 19 heavy (non-hydrogen) atoms. The molecule has 0 amide bonds. The molecule has 2 rings (SSSR count). The van der Waals surface area contributed by atoms with Crippen molar-refractivity contribution < 1.29 is 5.11 Å². The molecule has 1 saturated carbocycles. The summed E-state index contributed by atoms with van der Waals surface area (Å²) in [5.74, 6) is 0.399. The molecule has 1 aromatic heterocycles. The van der Waals surface area contributed by atoms with E-state index < -0.39 is 5.60 Å². The molecule has 1 aliphatic rings. The Morgan fingerprint density at radius 2 is 2.42 bits per heavy atom. The van der Waals surface area contributed by atoms with Gasteiger partial charge >= 0.3 is 0 Å². The molecule has 1 aliphatic carbocycles. The van der Waals surface area contributed by atoms with Crippen LogP contribution in [0.5, 0.6) is 0 Å². The maximum absolute atomic E-state index is 10.6. The maximum Gasteiger partial charge on any atom is 0.0797 e. The van der Waals surface area contributed by atoms with Gasteiger partial charge in [0, 0.05) is 25.0 Å². The number of aliphatic hydroxyl groups is 1. The molecule has 1 fully saturated rings. The Hall–Kier alpha value is -0.930. The number of pyridine rings is 1. The van der Waals surface area contributed by atoms with Crippen molar-refractivity contribution in [2.75, 3.05) is 6.54 Å². The second kappa shape index (κ2) is 6.49. The summed E-state index contributed by atoms with van der Waals surface area (Å²) < 4.78 is 0. The number of rotatable bonds is 6. The van der Waals surface area contributed by atoms with Crippen LogP contribution in [0, 0.1) is 5.92 Å². The van der Waals surface area contributed by atoms with Crippen LogP contribution in [0.25, 0.3) is 0 Å². The molecule has 0 bridgehead atoms. The Morgan fingerprint density at radius 1 is 1.58 bits per heavy atom. The van der Waals surface area contributed by atoms with Gasteiger partial charge in [0.1, 0.15) is 0 Å². The summed E-state index contributed by atoms with van der Waals surface area (Å²) >= 11 is 0. The molecule has 3 unspecified atom stereocenters. The normalized spacial score (nSPS) is 28.5. The predicted molar refractivity (Wildman–Crippen MR) is 77.9 cm³/mol. The van der Waals surface area contributed by atoms with Gasteiger partial charge in [-0.15, -0.1) is 0 Å². The van der Waals surface area contributed by atoms with Crippen molar-refractivity contribution >= 4 is 0 Å². The Morgan fingerprint density at radius 3 is 3.00 bits per heavy atom. The quantitative estimate of drug-likeness (QED) is 0.828. The molecule has 2 N–H and O–H groups in total. The lowest BCUT2D eigenvalue weighted by Crippen LogP contribution is -2.43. The standard InChI is InChI=1S/C16H26N2O/c1-3-6-15(14-8-5-10-17-11-14)18-12-16(19)9-4-7-13(16)2/h5,8,10-11,13,15,18-19H,3-4,6-7,9,12H2,1-2H3. The monoisotopic (exact) mass is 262 g/mol. The first-order valence-corrected chi connectivity index (χ1v) is 7.51. The van der Waals surface area contributed by atoms with Crippen LogP contribution in [-0.4, -0.2) is 22.2 Å². The SMILES string of the molecule is CCCC(NCC1(O)CCCC1C)c1cccnc1. The molecule has 3 nitrogen and oxygen atoms in total. The summed E-state index contributed by atoms with van der Waals surface area (Å²) in [5, 5.41) is 14.2. The van der Waals surface area contributed by atoms with Crippen LogP contribution < -0.4 is 5.32 Å². The second-order valence-electron chi connectivity index (χ2n) is 5.91. The zero-order valence-electron chi connectivity index (χ0n) is 12.1. The van der Waals surface area contributed by atoms with E-state index in [2.05, 4.69) is 30.2 Å². The minimum Gasteiger partial charge on any atom is -0.388 e. The van der Waals surface area contributed by atoms with Crippen LogP contribution in [0.3, 0.4) is 0 Å². The van der Waals surface area contributed by atoms with Gasteiger partial charge < -0.3 is 10.4 Å². The van der Waals surface area contributed by atoms with Gasteiger partial charge in [-0.1, -0.05) is 32.8 Å². The van der Waals surface area contributed by atoms with E-state index in [-0.39, 0.29) is 0 Å². The highest BCUT2D eigenvalue weighted by molar-refractivity contribution is 5.14. The van der Waals surface area contributed by atoms with Crippen LogP contribution >= 0.6 is 0 Å². The summed E-state index contributed by atoms with van der Waals surface area (Å²) in [6.45, 7) is 5.04. The molecule has 3 atom stereocenters. The number of aromatic nitrogens is 1. The molecule has 1 heterocycles. The maximum atomic E-state index is 10.6. The molecular weight excluding hydrogens is 236 g/mol. The first-order valence-electron chi connectivity index (χ1n) is 7.51. The third-order valence-electron chi connectivity index (χ3n) is 4.48. The Kier molecular flexibility index (Phi) is 4.94. The number of nitrogens with one attached hydrogen (secondary N) is 1. The van der Waals surface area contributed by atoms with E-state index in [1.54, 1.807) is 6.20 Å². The fraction of sp³-hybridized carbons (Fsp3) is 0.688. The summed E-state index contributed by atoms with van der Waals surface area (Å²) in [5.41, 5.74) is 0.701. The molecule has 0 aromatic carbocycles. The van der Waals surface area contributed by atoms with Crippen LogP contribution in [0.4, 0.5) is 0 Å². The van der Waals surface area contributed by atoms with Crippen LogP contribution in [0.1, 0.15) is 57.6 Å². The van der Waals surface area contributed by atoms with E-state index in [1.165, 1.54) is 5.56 Å². The van der Waals surface area contributed by atoms with E-state index in [1.807, 2.05) is 12.3 Å². The molecule has 0 aliphatic heterocycles. The van der Waals surface area contributed by atoms with Crippen molar-refractivity contribution in [3.63, 3.8) is 0 Å². The first kappa shape index (κ1) is 14.5. The Balaban J connectivity index is 1.98. The van der Waals surface area contributed by atoms with Crippen molar-refractivity contribution in [2.24, 2.45) is 5.92 Å². The summed E-state index contributed by atoms with van der Waals surface area (Å²) in [6, 6.07) is 4.39. The van der Waals surface area contributed by atoms with Crippen LogP contribution in [0.2, 0.25) is 0 Å². The van der Waals surface area contributed by atoms with Crippen LogP contribution in [-0.2, 0) is 0 Å². The zero-order chi connectivity index (χ0) is 13.7. The summed E-state index contributed by atoms with van der Waals surface area (Å²) in [6.07, 6.45) is 9.15. The molecule has 0 saturated heterocycles. The highest BCUT2D eigenvalue weighted by Gasteiger charge is 2.38. The van der Waals surface area contributed by atoms with Gasteiger partial charge in [-0.3, -0.25) is 4.98 Å². The van der Waals surface area contributed by atoms with Gasteiger partial charge in [0.25, 0.3) is 0 Å². The van der Waals surface area contributed by atoms with Gasteiger partial charge in [-0.25, -0.2) is 0 Å². The zero-order valence-corrected chi connectivity index (χ0v) is 12.1. The van der Waals surface area contributed by atoms with Gasteiger partial charge in [0.15, 0.2) is 0 Å². The molecule has 1 aromatic rings. The van der Waals surface area contributed by atoms with E-state index >= 15 is 0 Å². The lowest BCUT2D eigenvalue weighted by atomic mass is 9.91. The summed E-state index contributed by atoms with van der Waals surface area (Å²) in [7, 11) is 0. The lowest BCUT2D eigenvalue weighted by molar-refractivity contribution is 0.00722. The highest BCUT2D eigenvalue weighted by Crippen LogP contribution is 2.35. The molecule has 106 valence electrons. The largest absolute Gasteiger partial charge is 0.388 e. The molecular formula is C16H26N2O. The number of nitrogens with zero attached hydrogens (tertiary/aromatic N) is 1. The Bertz CT molecular complexity index is 382. The van der Waals surface area contributed by atoms with E-state index in [9.17, 15) is 5.11 Å². The first-order chi connectivity index (χ1) is 9.15. The lowest BCUT2D eigenvalue weighted by Gasteiger charge is -2.30. The van der Waals surface area contributed by atoms with Crippen molar-refractivity contribution in [3.8, 4) is 0 Å². The molecule has 3 heteroatoms. The molecule has 0 spiro atoms. The van der Waals surface area contributed by atoms with Crippen molar-refractivity contribution in [2.45, 2.75) is 57.6 Å². The minimum atomic E-state index is -0.520. The van der Waals surface area contributed by atoms with Gasteiger partial charge in [0.05, 0.1) is 5.60 Å². The average Bonchev–Trinajstić information content (AvgIpc) is 2.76. The fourth-order valence-corrected chi connectivity index (χ4v) is 3.05. The van der Waals surface area contributed by atoms with E-state index in [0.717, 1.165) is 32.1 Å². The van der Waals surface area contributed by atoms with E-state index in [4.69, 9.17) is 0 Å². The Labute approximate surface area is 116 Å². The topological polar surface area (TPSA) is 45.1 Å². The second-order valence-corrected chi connectivity index (χ2v) is 5.91. The number of hydrogen-bond acceptors (Lipinski definition) is 3. The third-order valence-corrected chi connectivity index (χ3v) is 4.48. The third kappa shape index (κ3) is 3.54. The molecule has 0 radical (unpaired) electrons. The van der Waals surface area contributed by atoms with Crippen molar-refractivity contribution in [1.82, 2.24) is 10.3 Å². The van der Waals surface area contributed by atoms with Gasteiger partial charge in [0.2, 0.25) is 0 Å².